The molecule has 2 aromatic rings. The first-order valence-electron chi connectivity index (χ1n) is 12.4. The van der Waals surface area contributed by atoms with Gasteiger partial charge in [0, 0.05) is 56.5 Å². The first-order valence-corrected chi connectivity index (χ1v) is 13.8. The zero-order valence-electron chi connectivity index (χ0n) is 22.3. The SMILES string of the molecule is CCOC(=O)c1c(S(=O)(=O)N2CCC[C@@H](C(=O)Nc3ccc(C)c(N(C)C)c3)C2)c(C)n(CC)c1C. The third kappa shape index (κ3) is 5.29. The summed E-state index contributed by atoms with van der Waals surface area (Å²) in [4.78, 5) is 27.9. The van der Waals surface area contributed by atoms with Gasteiger partial charge in [-0.2, -0.15) is 4.31 Å². The summed E-state index contributed by atoms with van der Waals surface area (Å²) < 4.78 is 36.1. The van der Waals surface area contributed by atoms with E-state index in [1.165, 1.54) is 4.31 Å². The largest absolute Gasteiger partial charge is 0.462 e. The van der Waals surface area contributed by atoms with E-state index in [2.05, 4.69) is 5.32 Å². The maximum Gasteiger partial charge on any atom is 0.341 e. The molecule has 1 saturated heterocycles. The van der Waals surface area contributed by atoms with E-state index in [1.807, 2.05) is 55.6 Å². The minimum Gasteiger partial charge on any atom is -0.462 e. The fourth-order valence-corrected chi connectivity index (χ4v) is 6.98. The molecule has 1 aliphatic heterocycles. The lowest BCUT2D eigenvalue weighted by Crippen LogP contribution is -2.44. The smallest absolute Gasteiger partial charge is 0.341 e. The lowest BCUT2D eigenvalue weighted by molar-refractivity contribution is -0.120. The van der Waals surface area contributed by atoms with Gasteiger partial charge in [-0.3, -0.25) is 4.79 Å². The van der Waals surface area contributed by atoms with Gasteiger partial charge in [0.25, 0.3) is 0 Å². The van der Waals surface area contributed by atoms with Crippen LogP contribution in [0.4, 0.5) is 11.4 Å². The lowest BCUT2D eigenvalue weighted by Gasteiger charge is -2.31. The number of nitrogens with one attached hydrogen (secondary N) is 1. The van der Waals surface area contributed by atoms with Gasteiger partial charge in [-0.25, -0.2) is 13.2 Å². The Balaban J connectivity index is 1.89. The number of carbonyl (C=O) groups is 2. The van der Waals surface area contributed by atoms with Gasteiger partial charge >= 0.3 is 5.97 Å². The van der Waals surface area contributed by atoms with Crippen LogP contribution in [0.3, 0.4) is 0 Å². The molecule has 0 bridgehead atoms. The molecule has 1 aromatic heterocycles. The van der Waals surface area contributed by atoms with Crippen molar-refractivity contribution in [1.82, 2.24) is 8.87 Å². The molecule has 1 amide bonds. The van der Waals surface area contributed by atoms with Gasteiger partial charge in [-0.05, 0) is 65.2 Å². The molecule has 1 aromatic carbocycles. The maximum absolute atomic E-state index is 13.9. The molecular formula is C26H38N4O5S. The molecule has 9 nitrogen and oxygen atoms in total. The van der Waals surface area contributed by atoms with Gasteiger partial charge < -0.3 is 19.5 Å². The zero-order valence-corrected chi connectivity index (χ0v) is 23.2. The predicted molar refractivity (Wildman–Crippen MR) is 141 cm³/mol. The minimum absolute atomic E-state index is 0.0180. The Hall–Kier alpha value is -2.85. The van der Waals surface area contributed by atoms with Crippen LogP contribution in [0.2, 0.25) is 0 Å². The van der Waals surface area contributed by atoms with Crippen LogP contribution in [0.15, 0.2) is 23.1 Å². The highest BCUT2D eigenvalue weighted by atomic mass is 32.2. The highest BCUT2D eigenvalue weighted by Gasteiger charge is 2.39. The number of anilines is 2. The van der Waals surface area contributed by atoms with Crippen LogP contribution in [0, 0.1) is 26.7 Å². The molecule has 1 aliphatic rings. The Morgan fingerprint density at radius 2 is 1.83 bits per heavy atom. The average Bonchev–Trinajstić information content (AvgIpc) is 3.10. The van der Waals surface area contributed by atoms with E-state index in [0.29, 0.717) is 43.0 Å². The van der Waals surface area contributed by atoms with E-state index in [4.69, 9.17) is 4.74 Å². The van der Waals surface area contributed by atoms with E-state index in [-0.39, 0.29) is 29.5 Å². The highest BCUT2D eigenvalue weighted by Crippen LogP contribution is 2.33. The van der Waals surface area contributed by atoms with Crippen molar-refractivity contribution >= 4 is 33.3 Å². The van der Waals surface area contributed by atoms with Crippen molar-refractivity contribution in [2.75, 3.05) is 44.0 Å². The molecule has 0 aliphatic carbocycles. The fourth-order valence-electron chi connectivity index (χ4n) is 5.01. The van der Waals surface area contributed by atoms with E-state index in [0.717, 1.165) is 11.3 Å². The second-order valence-electron chi connectivity index (χ2n) is 9.43. The molecule has 10 heteroatoms. The van der Waals surface area contributed by atoms with Crippen LogP contribution in [0.25, 0.3) is 0 Å². The molecule has 2 heterocycles. The van der Waals surface area contributed by atoms with Crippen molar-refractivity contribution < 1.29 is 22.7 Å². The van der Waals surface area contributed by atoms with Gasteiger partial charge in [0.05, 0.1) is 12.5 Å². The number of hydrogen-bond acceptors (Lipinski definition) is 6. The first kappa shape index (κ1) is 27.7. The third-order valence-corrected chi connectivity index (χ3v) is 8.86. The van der Waals surface area contributed by atoms with Crippen molar-refractivity contribution in [3.8, 4) is 0 Å². The van der Waals surface area contributed by atoms with Gasteiger partial charge in [-0.1, -0.05) is 6.07 Å². The number of hydrogen-bond donors (Lipinski definition) is 1. The van der Waals surface area contributed by atoms with Crippen LogP contribution >= 0.6 is 0 Å². The Morgan fingerprint density at radius 1 is 1.14 bits per heavy atom. The van der Waals surface area contributed by atoms with Crippen LogP contribution in [-0.2, 0) is 26.1 Å². The maximum atomic E-state index is 13.9. The van der Waals surface area contributed by atoms with Gasteiger partial charge in [0.1, 0.15) is 10.5 Å². The number of aryl methyl sites for hydroxylation is 1. The van der Waals surface area contributed by atoms with E-state index in [1.54, 1.807) is 20.8 Å². The average molecular weight is 519 g/mol. The predicted octanol–water partition coefficient (Wildman–Crippen LogP) is 3.72. The number of sulfonamides is 1. The van der Waals surface area contributed by atoms with E-state index >= 15 is 0 Å². The number of ether oxygens (including phenoxy) is 1. The molecular weight excluding hydrogens is 480 g/mol. The zero-order chi connectivity index (χ0) is 26.8. The molecule has 0 unspecified atom stereocenters. The minimum atomic E-state index is -4.04. The van der Waals surface area contributed by atoms with Crippen molar-refractivity contribution in [3.05, 3.63) is 40.7 Å². The molecule has 0 saturated carbocycles. The summed E-state index contributed by atoms with van der Waals surface area (Å²) in [6.45, 7) is 10.1. The standard InChI is InChI=1S/C26H38N4O5S/c1-8-30-18(4)23(26(32)35-9-2)24(19(30)5)36(33,34)29-14-10-11-20(16-29)25(31)27-21-13-12-17(3)22(15-21)28(6)7/h12-13,15,20H,8-11,14,16H2,1-7H3,(H,27,31)/t20-/m1/s1. The Labute approximate surface area is 214 Å². The first-order chi connectivity index (χ1) is 16.9. The van der Waals surface area contributed by atoms with Crippen molar-refractivity contribution in [3.63, 3.8) is 0 Å². The van der Waals surface area contributed by atoms with Crippen LogP contribution in [-0.4, -0.2) is 63.0 Å². The number of aromatic nitrogens is 1. The summed E-state index contributed by atoms with van der Waals surface area (Å²) in [6, 6.07) is 5.71. The fraction of sp³-hybridized carbons (Fsp3) is 0.538. The monoisotopic (exact) mass is 518 g/mol. The topological polar surface area (TPSA) is 101 Å². The number of benzene rings is 1. The quantitative estimate of drug-likeness (QED) is 0.535. The normalized spacial score (nSPS) is 16.6. The van der Waals surface area contributed by atoms with Crippen LogP contribution in [0.1, 0.15) is 54.0 Å². The number of rotatable bonds is 8. The Morgan fingerprint density at radius 3 is 2.44 bits per heavy atom. The van der Waals surface area contributed by atoms with Gasteiger partial charge in [0.15, 0.2) is 0 Å². The van der Waals surface area contributed by atoms with Crippen molar-refractivity contribution in [1.29, 1.82) is 0 Å². The number of carbonyl (C=O) groups excluding carboxylic acids is 2. The van der Waals surface area contributed by atoms with E-state index in [9.17, 15) is 18.0 Å². The Kier molecular flexibility index (Phi) is 8.51. The molecule has 3 rings (SSSR count). The second kappa shape index (κ2) is 11.0. The summed E-state index contributed by atoms with van der Waals surface area (Å²) in [5.41, 5.74) is 3.91. The lowest BCUT2D eigenvalue weighted by atomic mass is 9.98. The molecule has 0 spiro atoms. The second-order valence-corrected chi connectivity index (χ2v) is 11.3. The number of nitrogens with zero attached hydrogens (tertiary/aromatic N) is 3. The third-order valence-electron chi connectivity index (χ3n) is 6.83. The van der Waals surface area contributed by atoms with Gasteiger partial charge in [-0.15, -0.1) is 0 Å². The van der Waals surface area contributed by atoms with Crippen LogP contribution in [0.5, 0.6) is 0 Å². The number of esters is 1. The van der Waals surface area contributed by atoms with Crippen LogP contribution < -0.4 is 10.2 Å². The summed E-state index contributed by atoms with van der Waals surface area (Å²) in [5, 5.41) is 2.96. The molecule has 198 valence electrons. The number of amides is 1. The highest BCUT2D eigenvalue weighted by molar-refractivity contribution is 7.89. The molecule has 36 heavy (non-hydrogen) atoms. The summed E-state index contributed by atoms with van der Waals surface area (Å²) in [6.07, 6.45) is 1.14. The molecule has 1 N–H and O–H groups in total. The van der Waals surface area contributed by atoms with E-state index < -0.39 is 21.9 Å². The molecule has 1 fully saturated rings. The summed E-state index contributed by atoms with van der Waals surface area (Å²) in [5.74, 6) is -1.36. The van der Waals surface area contributed by atoms with Crippen molar-refractivity contribution in [2.45, 2.75) is 58.9 Å². The molecule has 1 atom stereocenters. The Bertz CT molecular complexity index is 1250. The van der Waals surface area contributed by atoms with Gasteiger partial charge in [0.2, 0.25) is 15.9 Å². The molecule has 0 radical (unpaired) electrons. The van der Waals surface area contributed by atoms with Crippen molar-refractivity contribution in [2.24, 2.45) is 5.92 Å². The number of piperidine rings is 1. The summed E-state index contributed by atoms with van der Waals surface area (Å²) in [7, 11) is -0.152. The summed E-state index contributed by atoms with van der Waals surface area (Å²) >= 11 is 0.